The Hall–Kier alpha value is -1.46. The molecule has 6 heteroatoms. The standard InChI is InChI=1S/C18H27ClN2O3/c1-4-6-9-24-17-15(19)10-14(11-16(17)23-5-2)18(22)21-8-7-20-13(3)12-21/h10-11,13,20H,4-9,12H2,1-3H3. The molecule has 24 heavy (non-hydrogen) atoms. The summed E-state index contributed by atoms with van der Waals surface area (Å²) < 4.78 is 11.4. The highest BCUT2D eigenvalue weighted by molar-refractivity contribution is 6.32. The van der Waals surface area contributed by atoms with Crippen molar-refractivity contribution in [3.05, 3.63) is 22.7 Å². The van der Waals surface area contributed by atoms with Gasteiger partial charge in [0.15, 0.2) is 11.5 Å². The molecule has 0 radical (unpaired) electrons. The van der Waals surface area contributed by atoms with Gasteiger partial charge in [0.1, 0.15) is 0 Å². The third-order valence-corrected chi connectivity index (χ3v) is 4.24. The lowest BCUT2D eigenvalue weighted by atomic mass is 10.1. The maximum absolute atomic E-state index is 12.8. The van der Waals surface area contributed by atoms with E-state index in [9.17, 15) is 4.79 Å². The van der Waals surface area contributed by atoms with Gasteiger partial charge >= 0.3 is 0 Å². The molecule has 2 rings (SSSR count). The van der Waals surface area contributed by atoms with Gasteiger partial charge in [-0.3, -0.25) is 4.79 Å². The number of carbonyl (C=O) groups is 1. The fourth-order valence-corrected chi connectivity index (χ4v) is 2.98. The Morgan fingerprint density at radius 2 is 2.17 bits per heavy atom. The maximum atomic E-state index is 12.8. The Balaban J connectivity index is 2.22. The quantitative estimate of drug-likeness (QED) is 0.763. The van der Waals surface area contributed by atoms with Crippen molar-refractivity contribution in [1.82, 2.24) is 10.2 Å². The topological polar surface area (TPSA) is 50.8 Å². The second-order valence-electron chi connectivity index (χ2n) is 6.03. The molecule has 1 unspecified atom stereocenters. The lowest BCUT2D eigenvalue weighted by Gasteiger charge is -2.32. The van der Waals surface area contributed by atoms with Crippen LogP contribution >= 0.6 is 11.6 Å². The lowest BCUT2D eigenvalue weighted by Crippen LogP contribution is -2.51. The first-order valence-corrected chi connectivity index (χ1v) is 9.06. The molecule has 0 saturated carbocycles. The van der Waals surface area contributed by atoms with Gasteiger partial charge in [0, 0.05) is 31.2 Å². The van der Waals surface area contributed by atoms with Gasteiger partial charge in [0.25, 0.3) is 5.91 Å². The Bertz CT molecular complexity index is 565. The van der Waals surface area contributed by atoms with Gasteiger partial charge in [-0.05, 0) is 32.4 Å². The summed E-state index contributed by atoms with van der Waals surface area (Å²) in [6.07, 6.45) is 1.99. The van der Waals surface area contributed by atoms with Crippen LogP contribution in [0.2, 0.25) is 5.02 Å². The summed E-state index contributed by atoms with van der Waals surface area (Å²) in [5.41, 5.74) is 0.542. The van der Waals surface area contributed by atoms with Crippen molar-refractivity contribution >= 4 is 17.5 Å². The van der Waals surface area contributed by atoms with Crippen LogP contribution < -0.4 is 14.8 Å². The number of nitrogens with one attached hydrogen (secondary N) is 1. The molecule has 1 aliphatic heterocycles. The maximum Gasteiger partial charge on any atom is 0.254 e. The first kappa shape index (κ1) is 18.9. The third-order valence-electron chi connectivity index (χ3n) is 3.96. The summed E-state index contributed by atoms with van der Waals surface area (Å²) in [6.45, 7) is 9.33. The Labute approximate surface area is 149 Å². The molecule has 1 saturated heterocycles. The van der Waals surface area contributed by atoms with E-state index >= 15 is 0 Å². The lowest BCUT2D eigenvalue weighted by molar-refractivity contribution is 0.0708. The molecule has 1 N–H and O–H groups in total. The predicted octanol–water partition coefficient (Wildman–Crippen LogP) is 3.35. The SMILES string of the molecule is CCCCOc1c(Cl)cc(C(=O)N2CCNC(C)C2)cc1OCC. The summed E-state index contributed by atoms with van der Waals surface area (Å²) in [6, 6.07) is 3.72. The monoisotopic (exact) mass is 354 g/mol. The minimum absolute atomic E-state index is 0.0219. The van der Waals surface area contributed by atoms with Crippen LogP contribution in [-0.4, -0.2) is 49.7 Å². The van der Waals surface area contributed by atoms with E-state index in [2.05, 4.69) is 19.2 Å². The number of piperazine rings is 1. The molecule has 1 aromatic carbocycles. The number of benzene rings is 1. The first-order valence-electron chi connectivity index (χ1n) is 8.68. The average Bonchev–Trinajstić information content (AvgIpc) is 2.56. The number of rotatable bonds is 7. The molecule has 1 atom stereocenters. The van der Waals surface area contributed by atoms with Crippen LogP contribution in [0.15, 0.2) is 12.1 Å². The zero-order valence-corrected chi connectivity index (χ0v) is 15.5. The number of carbonyl (C=O) groups excluding carboxylic acids is 1. The van der Waals surface area contributed by atoms with E-state index in [0.29, 0.717) is 54.4 Å². The highest BCUT2D eigenvalue weighted by Crippen LogP contribution is 2.37. The van der Waals surface area contributed by atoms with Gasteiger partial charge in [-0.1, -0.05) is 24.9 Å². The summed E-state index contributed by atoms with van der Waals surface area (Å²) in [5, 5.41) is 3.75. The second-order valence-corrected chi connectivity index (χ2v) is 6.43. The fraction of sp³-hybridized carbons (Fsp3) is 0.611. The van der Waals surface area contributed by atoms with Crippen LogP contribution in [0.25, 0.3) is 0 Å². The first-order chi connectivity index (χ1) is 11.6. The van der Waals surface area contributed by atoms with Gasteiger partial charge < -0.3 is 19.7 Å². The Morgan fingerprint density at radius 3 is 2.83 bits per heavy atom. The molecule has 1 heterocycles. The molecule has 1 aliphatic rings. The summed E-state index contributed by atoms with van der Waals surface area (Å²) >= 11 is 6.37. The molecule has 1 fully saturated rings. The van der Waals surface area contributed by atoms with Crippen molar-refractivity contribution in [3.63, 3.8) is 0 Å². The molecule has 0 bridgehead atoms. The van der Waals surface area contributed by atoms with Crippen LogP contribution in [0.4, 0.5) is 0 Å². The highest BCUT2D eigenvalue weighted by Gasteiger charge is 2.24. The van der Waals surface area contributed by atoms with Gasteiger partial charge in [-0.25, -0.2) is 0 Å². The molecule has 0 spiro atoms. The van der Waals surface area contributed by atoms with Crippen molar-refractivity contribution in [2.24, 2.45) is 0 Å². The number of unbranched alkanes of at least 4 members (excludes halogenated alkanes) is 1. The normalized spacial score (nSPS) is 17.7. The van der Waals surface area contributed by atoms with Crippen LogP contribution in [0.5, 0.6) is 11.5 Å². The molecule has 0 aliphatic carbocycles. The van der Waals surface area contributed by atoms with E-state index < -0.39 is 0 Å². The number of halogens is 1. The van der Waals surface area contributed by atoms with Gasteiger partial charge in [-0.15, -0.1) is 0 Å². The van der Waals surface area contributed by atoms with Crippen molar-refractivity contribution in [2.45, 2.75) is 39.7 Å². The van der Waals surface area contributed by atoms with Gasteiger partial charge in [0.05, 0.1) is 18.2 Å². The molecular weight excluding hydrogens is 328 g/mol. The van der Waals surface area contributed by atoms with Crippen LogP contribution in [0, 0.1) is 0 Å². The van der Waals surface area contributed by atoms with E-state index in [4.69, 9.17) is 21.1 Å². The van der Waals surface area contributed by atoms with Crippen molar-refractivity contribution in [3.8, 4) is 11.5 Å². The van der Waals surface area contributed by atoms with Crippen molar-refractivity contribution < 1.29 is 14.3 Å². The van der Waals surface area contributed by atoms with E-state index in [1.165, 1.54) is 0 Å². The predicted molar refractivity (Wildman–Crippen MR) is 96.4 cm³/mol. The largest absolute Gasteiger partial charge is 0.490 e. The van der Waals surface area contributed by atoms with E-state index in [0.717, 1.165) is 19.4 Å². The highest BCUT2D eigenvalue weighted by atomic mass is 35.5. The molecule has 1 aromatic rings. The number of ether oxygens (including phenoxy) is 2. The molecule has 1 amide bonds. The number of hydrogen-bond donors (Lipinski definition) is 1. The van der Waals surface area contributed by atoms with E-state index in [1.807, 2.05) is 11.8 Å². The zero-order valence-electron chi connectivity index (χ0n) is 14.7. The molecule has 134 valence electrons. The second kappa shape index (κ2) is 9.14. The number of nitrogens with zero attached hydrogens (tertiary/aromatic N) is 1. The smallest absolute Gasteiger partial charge is 0.254 e. The van der Waals surface area contributed by atoms with E-state index in [1.54, 1.807) is 12.1 Å². The average molecular weight is 355 g/mol. The third kappa shape index (κ3) is 4.77. The molecular formula is C18H27ClN2O3. The minimum atomic E-state index is -0.0219. The Morgan fingerprint density at radius 1 is 1.38 bits per heavy atom. The number of hydrogen-bond acceptors (Lipinski definition) is 4. The summed E-state index contributed by atoms with van der Waals surface area (Å²) in [7, 11) is 0. The summed E-state index contributed by atoms with van der Waals surface area (Å²) in [4.78, 5) is 14.6. The summed E-state index contributed by atoms with van der Waals surface area (Å²) in [5.74, 6) is 1.04. The zero-order chi connectivity index (χ0) is 17.5. The minimum Gasteiger partial charge on any atom is -0.490 e. The molecule has 5 nitrogen and oxygen atoms in total. The van der Waals surface area contributed by atoms with Crippen molar-refractivity contribution in [1.29, 1.82) is 0 Å². The van der Waals surface area contributed by atoms with Crippen LogP contribution in [0.3, 0.4) is 0 Å². The van der Waals surface area contributed by atoms with E-state index in [-0.39, 0.29) is 5.91 Å². The van der Waals surface area contributed by atoms with Gasteiger partial charge in [0.2, 0.25) is 0 Å². The number of amides is 1. The van der Waals surface area contributed by atoms with Crippen molar-refractivity contribution in [2.75, 3.05) is 32.8 Å². The van der Waals surface area contributed by atoms with Crippen LogP contribution in [0.1, 0.15) is 44.0 Å². The fourth-order valence-electron chi connectivity index (χ4n) is 2.71. The molecule has 0 aromatic heterocycles. The van der Waals surface area contributed by atoms with Gasteiger partial charge in [-0.2, -0.15) is 0 Å². The van der Waals surface area contributed by atoms with Crippen LogP contribution in [-0.2, 0) is 0 Å². The Kier molecular flexibility index (Phi) is 7.18.